The summed E-state index contributed by atoms with van der Waals surface area (Å²) in [6, 6.07) is 12.5. The summed E-state index contributed by atoms with van der Waals surface area (Å²) >= 11 is 3.09. The van der Waals surface area contributed by atoms with Gasteiger partial charge in [0, 0.05) is 6.54 Å². The van der Waals surface area contributed by atoms with E-state index in [1.807, 2.05) is 24.3 Å². The third kappa shape index (κ3) is 3.45. The maximum absolute atomic E-state index is 13.4. The summed E-state index contributed by atoms with van der Waals surface area (Å²) < 4.78 is 13.6. The number of benzene rings is 2. The molecule has 0 saturated carbocycles. The molecule has 20 heavy (non-hydrogen) atoms. The van der Waals surface area contributed by atoms with Gasteiger partial charge in [-0.25, -0.2) is 4.39 Å². The molecule has 0 aliphatic carbocycles. The molecule has 0 saturated heterocycles. The van der Waals surface area contributed by atoms with Crippen LogP contribution in [-0.2, 0) is 13.0 Å². The van der Waals surface area contributed by atoms with Crippen molar-refractivity contribution in [2.45, 2.75) is 19.9 Å². The van der Waals surface area contributed by atoms with Crippen molar-refractivity contribution in [3.8, 4) is 0 Å². The van der Waals surface area contributed by atoms with Gasteiger partial charge in [0.25, 0.3) is 5.91 Å². The minimum Gasteiger partial charge on any atom is -0.348 e. The van der Waals surface area contributed by atoms with Crippen molar-refractivity contribution >= 4 is 21.8 Å². The predicted molar refractivity (Wildman–Crippen MR) is 81.1 cm³/mol. The Morgan fingerprint density at radius 3 is 2.45 bits per heavy atom. The Morgan fingerprint density at radius 2 is 1.80 bits per heavy atom. The van der Waals surface area contributed by atoms with Crippen LogP contribution in [0.25, 0.3) is 0 Å². The van der Waals surface area contributed by atoms with E-state index in [9.17, 15) is 9.18 Å². The standard InChI is InChI=1S/C16H15BrFNO/c1-2-11-6-8-12(9-7-11)10-19-16(20)13-4-3-5-14(18)15(13)17/h3-9H,2,10H2,1H3,(H,19,20). The molecule has 0 bridgehead atoms. The monoisotopic (exact) mass is 335 g/mol. The van der Waals surface area contributed by atoms with Crippen LogP contribution in [0.3, 0.4) is 0 Å². The van der Waals surface area contributed by atoms with Gasteiger partial charge in [0.15, 0.2) is 0 Å². The quantitative estimate of drug-likeness (QED) is 0.896. The minimum absolute atomic E-state index is 0.193. The van der Waals surface area contributed by atoms with Crippen LogP contribution in [-0.4, -0.2) is 5.91 Å². The Labute approximate surface area is 126 Å². The Morgan fingerprint density at radius 1 is 1.15 bits per heavy atom. The number of halogens is 2. The topological polar surface area (TPSA) is 29.1 Å². The second-order valence-corrected chi connectivity index (χ2v) is 5.25. The number of hydrogen-bond acceptors (Lipinski definition) is 1. The van der Waals surface area contributed by atoms with E-state index in [0.29, 0.717) is 12.1 Å². The highest BCUT2D eigenvalue weighted by Crippen LogP contribution is 2.20. The van der Waals surface area contributed by atoms with Crippen LogP contribution in [0.5, 0.6) is 0 Å². The van der Waals surface area contributed by atoms with Gasteiger partial charge in [-0.05, 0) is 45.6 Å². The number of nitrogens with one attached hydrogen (secondary N) is 1. The van der Waals surface area contributed by atoms with E-state index >= 15 is 0 Å². The molecule has 2 aromatic carbocycles. The highest BCUT2D eigenvalue weighted by Gasteiger charge is 2.12. The Bertz CT molecular complexity index is 610. The van der Waals surface area contributed by atoms with Crippen LogP contribution >= 0.6 is 15.9 Å². The maximum Gasteiger partial charge on any atom is 0.252 e. The average Bonchev–Trinajstić information content (AvgIpc) is 2.48. The summed E-state index contributed by atoms with van der Waals surface area (Å²) in [5, 5.41) is 2.79. The third-order valence-electron chi connectivity index (χ3n) is 3.08. The summed E-state index contributed by atoms with van der Waals surface area (Å²) in [6.07, 6.45) is 0.989. The lowest BCUT2D eigenvalue weighted by molar-refractivity contribution is 0.0949. The van der Waals surface area contributed by atoms with Gasteiger partial charge in [-0.1, -0.05) is 37.3 Å². The molecule has 104 valence electrons. The van der Waals surface area contributed by atoms with Crippen LogP contribution in [0.2, 0.25) is 0 Å². The first-order valence-electron chi connectivity index (χ1n) is 6.42. The molecule has 0 atom stereocenters. The van der Waals surface area contributed by atoms with Crippen molar-refractivity contribution in [2.75, 3.05) is 0 Å². The highest BCUT2D eigenvalue weighted by molar-refractivity contribution is 9.10. The van der Waals surface area contributed by atoms with Gasteiger partial charge in [-0.3, -0.25) is 4.79 Å². The van der Waals surface area contributed by atoms with Gasteiger partial charge in [-0.15, -0.1) is 0 Å². The first-order valence-corrected chi connectivity index (χ1v) is 7.21. The molecule has 2 rings (SSSR count). The second-order valence-electron chi connectivity index (χ2n) is 4.45. The summed E-state index contributed by atoms with van der Waals surface area (Å²) in [4.78, 5) is 12.0. The maximum atomic E-state index is 13.4. The van der Waals surface area contributed by atoms with Gasteiger partial charge in [0.1, 0.15) is 5.82 Å². The fourth-order valence-corrected chi connectivity index (χ4v) is 2.29. The average molecular weight is 336 g/mol. The second kappa shape index (κ2) is 6.66. The summed E-state index contributed by atoms with van der Waals surface area (Å²) in [7, 11) is 0. The third-order valence-corrected chi connectivity index (χ3v) is 3.89. The number of aryl methyl sites for hydroxylation is 1. The number of carbonyl (C=O) groups is 1. The first kappa shape index (κ1) is 14.7. The van der Waals surface area contributed by atoms with Gasteiger partial charge in [-0.2, -0.15) is 0 Å². The van der Waals surface area contributed by atoms with E-state index in [1.165, 1.54) is 17.7 Å². The number of rotatable bonds is 4. The van der Waals surface area contributed by atoms with E-state index in [0.717, 1.165) is 12.0 Å². The molecule has 0 spiro atoms. The van der Waals surface area contributed by atoms with Gasteiger partial charge < -0.3 is 5.32 Å². The molecule has 1 amide bonds. The Kier molecular flexibility index (Phi) is 4.90. The molecule has 4 heteroatoms. The molecule has 0 aliphatic heterocycles. The van der Waals surface area contributed by atoms with Crippen LogP contribution in [0, 0.1) is 5.82 Å². The van der Waals surface area contributed by atoms with Crippen molar-refractivity contribution in [1.29, 1.82) is 0 Å². The largest absolute Gasteiger partial charge is 0.348 e. The van der Waals surface area contributed by atoms with Crippen molar-refractivity contribution < 1.29 is 9.18 Å². The van der Waals surface area contributed by atoms with Crippen molar-refractivity contribution in [3.05, 3.63) is 69.4 Å². The molecule has 0 unspecified atom stereocenters. The summed E-state index contributed by atoms with van der Waals surface area (Å²) in [5.41, 5.74) is 2.58. The van der Waals surface area contributed by atoms with Crippen molar-refractivity contribution in [1.82, 2.24) is 5.32 Å². The summed E-state index contributed by atoms with van der Waals surface area (Å²) in [5.74, 6) is -0.735. The molecule has 2 aromatic rings. The zero-order valence-corrected chi connectivity index (χ0v) is 12.7. The van der Waals surface area contributed by atoms with Crippen LogP contribution in [0.15, 0.2) is 46.9 Å². The predicted octanol–water partition coefficient (Wildman–Crippen LogP) is 4.08. The fraction of sp³-hybridized carbons (Fsp3) is 0.188. The zero-order valence-electron chi connectivity index (χ0n) is 11.1. The fourth-order valence-electron chi connectivity index (χ4n) is 1.85. The van der Waals surface area contributed by atoms with Crippen LogP contribution in [0.4, 0.5) is 4.39 Å². The molecule has 0 aromatic heterocycles. The lowest BCUT2D eigenvalue weighted by Gasteiger charge is -2.08. The molecule has 0 fully saturated rings. The Balaban J connectivity index is 2.02. The van der Waals surface area contributed by atoms with Gasteiger partial charge in [0.2, 0.25) is 0 Å². The molecule has 2 nitrogen and oxygen atoms in total. The number of hydrogen-bond donors (Lipinski definition) is 1. The highest BCUT2D eigenvalue weighted by atomic mass is 79.9. The smallest absolute Gasteiger partial charge is 0.252 e. The molecular formula is C16H15BrFNO. The molecular weight excluding hydrogens is 321 g/mol. The normalized spacial score (nSPS) is 10.3. The summed E-state index contributed by atoms with van der Waals surface area (Å²) in [6.45, 7) is 2.52. The van der Waals surface area contributed by atoms with E-state index < -0.39 is 5.82 Å². The molecule has 0 radical (unpaired) electrons. The number of carbonyl (C=O) groups excluding carboxylic acids is 1. The van der Waals surface area contributed by atoms with E-state index in [1.54, 1.807) is 6.07 Å². The lowest BCUT2D eigenvalue weighted by atomic mass is 10.1. The number of amides is 1. The molecule has 0 heterocycles. The van der Waals surface area contributed by atoms with E-state index in [-0.39, 0.29) is 10.4 Å². The SMILES string of the molecule is CCc1ccc(CNC(=O)c2cccc(F)c2Br)cc1. The zero-order chi connectivity index (χ0) is 14.5. The van der Waals surface area contributed by atoms with Gasteiger partial charge >= 0.3 is 0 Å². The minimum atomic E-state index is -0.440. The van der Waals surface area contributed by atoms with E-state index in [2.05, 4.69) is 28.2 Å². The van der Waals surface area contributed by atoms with Crippen molar-refractivity contribution in [3.63, 3.8) is 0 Å². The van der Waals surface area contributed by atoms with Gasteiger partial charge in [0.05, 0.1) is 10.0 Å². The first-order chi connectivity index (χ1) is 9.61. The van der Waals surface area contributed by atoms with Crippen LogP contribution in [0.1, 0.15) is 28.4 Å². The van der Waals surface area contributed by atoms with Crippen molar-refractivity contribution in [2.24, 2.45) is 0 Å². The lowest BCUT2D eigenvalue weighted by Crippen LogP contribution is -2.23. The Hall–Kier alpha value is -1.68. The molecule has 1 N–H and O–H groups in total. The van der Waals surface area contributed by atoms with E-state index in [4.69, 9.17) is 0 Å². The molecule has 0 aliphatic rings. The van der Waals surface area contributed by atoms with Crippen LogP contribution < -0.4 is 5.32 Å².